The fourth-order valence-corrected chi connectivity index (χ4v) is 4.12. The first-order valence-corrected chi connectivity index (χ1v) is 10.3. The minimum Gasteiger partial charge on any atom is -0.462 e. The number of ether oxygens (including phenoxy) is 1. The summed E-state index contributed by atoms with van der Waals surface area (Å²) in [6.07, 6.45) is 0. The number of aliphatic imine (C=N–C) groups is 1. The van der Waals surface area contributed by atoms with Crippen LogP contribution in [0.4, 0.5) is 0 Å². The Labute approximate surface area is 185 Å². The predicted octanol–water partition coefficient (Wildman–Crippen LogP) is 4.34. The molecule has 2 heterocycles. The minimum atomic E-state index is -0.312. The van der Waals surface area contributed by atoms with Crippen molar-refractivity contribution in [2.24, 2.45) is 4.99 Å². The number of guanidine groups is 1. The Morgan fingerprint density at radius 1 is 1.41 bits per heavy atom. The fraction of sp³-hybridized carbons (Fsp3) is 0.500. The van der Waals surface area contributed by atoms with Crippen LogP contribution in [-0.4, -0.2) is 37.1 Å². The number of hydrogen-bond acceptors (Lipinski definition) is 6. The van der Waals surface area contributed by atoms with Gasteiger partial charge in [-0.3, -0.25) is 4.99 Å². The number of nitrogens with zero attached hydrogens (tertiary/aromatic N) is 2. The highest BCUT2D eigenvalue weighted by molar-refractivity contribution is 14.0. The lowest BCUT2D eigenvalue weighted by Crippen LogP contribution is -2.40. The molecule has 0 amide bonds. The molecule has 2 aromatic heterocycles. The van der Waals surface area contributed by atoms with Gasteiger partial charge in [-0.2, -0.15) is 0 Å². The third-order valence-electron chi connectivity index (χ3n) is 3.83. The van der Waals surface area contributed by atoms with Crippen LogP contribution in [0.5, 0.6) is 0 Å². The summed E-state index contributed by atoms with van der Waals surface area (Å²) in [6, 6.07) is 4.15. The number of aromatic nitrogens is 1. The maximum absolute atomic E-state index is 12.0. The molecule has 0 saturated heterocycles. The van der Waals surface area contributed by atoms with Gasteiger partial charge in [-0.05, 0) is 32.2 Å². The Hall–Kier alpha value is -1.20. The number of carbonyl (C=O) groups is 1. The number of carbonyl (C=O) groups excluding carboxylic acids is 1. The van der Waals surface area contributed by atoms with Crippen molar-refractivity contribution in [3.05, 3.63) is 38.0 Å². The Kier molecular flexibility index (Phi) is 10.2. The lowest BCUT2D eigenvalue weighted by atomic mass is 10.1. The largest absolute Gasteiger partial charge is 0.462 e. The van der Waals surface area contributed by atoms with Crippen LogP contribution < -0.4 is 10.6 Å². The van der Waals surface area contributed by atoms with E-state index in [4.69, 9.17) is 4.74 Å². The summed E-state index contributed by atoms with van der Waals surface area (Å²) in [7, 11) is 1.75. The summed E-state index contributed by atoms with van der Waals surface area (Å²) in [5.41, 5.74) is 0.700. The molecule has 0 fully saturated rings. The second kappa shape index (κ2) is 11.6. The molecule has 6 nitrogen and oxygen atoms in total. The van der Waals surface area contributed by atoms with E-state index in [1.165, 1.54) is 16.2 Å². The van der Waals surface area contributed by atoms with Crippen LogP contribution in [0.2, 0.25) is 0 Å². The highest BCUT2D eigenvalue weighted by Crippen LogP contribution is 2.24. The van der Waals surface area contributed by atoms with Crippen LogP contribution in [0.1, 0.15) is 58.0 Å². The SMILES string of the molecule is CCOC(=O)c1sc(C(C)NC(=NC)NCC(C)c2cccs2)nc1C.I. The van der Waals surface area contributed by atoms with Crippen molar-refractivity contribution in [2.75, 3.05) is 20.2 Å². The second-order valence-electron chi connectivity index (χ2n) is 5.92. The Morgan fingerprint density at radius 3 is 2.74 bits per heavy atom. The molecule has 0 saturated carbocycles. The van der Waals surface area contributed by atoms with Gasteiger partial charge in [-0.25, -0.2) is 9.78 Å². The van der Waals surface area contributed by atoms with Crippen molar-refractivity contribution < 1.29 is 9.53 Å². The molecular formula is C18H27IN4O2S2. The zero-order valence-electron chi connectivity index (χ0n) is 16.2. The van der Waals surface area contributed by atoms with Crippen LogP contribution in [0.15, 0.2) is 22.5 Å². The minimum absolute atomic E-state index is 0. The summed E-state index contributed by atoms with van der Waals surface area (Å²) in [5, 5.41) is 9.61. The number of aryl methyl sites for hydroxylation is 1. The van der Waals surface area contributed by atoms with Crippen molar-refractivity contribution >= 4 is 58.6 Å². The van der Waals surface area contributed by atoms with Crippen LogP contribution in [0.25, 0.3) is 0 Å². The van der Waals surface area contributed by atoms with E-state index in [1.54, 1.807) is 25.3 Å². The van der Waals surface area contributed by atoms with Crippen molar-refractivity contribution in [1.82, 2.24) is 15.6 Å². The summed E-state index contributed by atoms with van der Waals surface area (Å²) in [4.78, 5) is 22.7. The lowest BCUT2D eigenvalue weighted by Gasteiger charge is -2.18. The maximum Gasteiger partial charge on any atom is 0.350 e. The molecule has 0 radical (unpaired) electrons. The molecule has 27 heavy (non-hydrogen) atoms. The molecular weight excluding hydrogens is 495 g/mol. The Bertz CT molecular complexity index is 747. The third kappa shape index (κ3) is 6.72. The maximum atomic E-state index is 12.0. The molecule has 2 N–H and O–H groups in total. The number of thiazole rings is 1. The average Bonchev–Trinajstić information content (AvgIpc) is 3.28. The van der Waals surface area contributed by atoms with Crippen LogP contribution >= 0.6 is 46.7 Å². The molecule has 0 aliphatic carbocycles. The summed E-state index contributed by atoms with van der Waals surface area (Å²) < 4.78 is 5.08. The van der Waals surface area contributed by atoms with E-state index in [1.807, 2.05) is 13.8 Å². The quantitative estimate of drug-likeness (QED) is 0.245. The molecule has 0 spiro atoms. The molecule has 0 bridgehead atoms. The van der Waals surface area contributed by atoms with Crippen molar-refractivity contribution in [2.45, 2.75) is 39.7 Å². The standard InChI is InChI=1S/C18H26N4O2S2.HI/c1-6-24-17(23)15-12(3)21-16(26-15)13(4)22-18(19-5)20-10-11(2)14-8-7-9-25-14;/h7-9,11,13H,6,10H2,1-5H3,(H2,19,20,22);1H. The van der Waals surface area contributed by atoms with Gasteiger partial charge < -0.3 is 15.4 Å². The monoisotopic (exact) mass is 522 g/mol. The molecule has 0 aliphatic rings. The highest BCUT2D eigenvalue weighted by Gasteiger charge is 2.20. The Morgan fingerprint density at radius 2 is 2.15 bits per heavy atom. The Balaban J connectivity index is 0.00000364. The van der Waals surface area contributed by atoms with Gasteiger partial charge in [0.2, 0.25) is 0 Å². The molecule has 0 aliphatic heterocycles. The first-order chi connectivity index (χ1) is 12.5. The topological polar surface area (TPSA) is 75.6 Å². The van der Waals surface area contributed by atoms with E-state index in [0.29, 0.717) is 29.1 Å². The number of thiophene rings is 1. The van der Waals surface area contributed by atoms with Crippen LogP contribution in [0.3, 0.4) is 0 Å². The van der Waals surface area contributed by atoms with Crippen LogP contribution in [-0.2, 0) is 4.74 Å². The molecule has 150 valence electrons. The molecule has 9 heteroatoms. The van der Waals surface area contributed by atoms with Gasteiger partial charge in [0.15, 0.2) is 5.96 Å². The third-order valence-corrected chi connectivity index (χ3v) is 6.25. The molecule has 2 aromatic rings. The van der Waals surface area contributed by atoms with Crippen molar-refractivity contribution in [3.63, 3.8) is 0 Å². The van der Waals surface area contributed by atoms with Gasteiger partial charge in [-0.1, -0.05) is 13.0 Å². The van der Waals surface area contributed by atoms with E-state index >= 15 is 0 Å². The number of esters is 1. The van der Waals surface area contributed by atoms with E-state index in [0.717, 1.165) is 11.6 Å². The smallest absolute Gasteiger partial charge is 0.350 e. The van der Waals surface area contributed by atoms with Gasteiger partial charge in [0.25, 0.3) is 0 Å². The summed E-state index contributed by atoms with van der Waals surface area (Å²) in [6.45, 7) is 8.96. The number of hydrogen-bond donors (Lipinski definition) is 2. The van der Waals surface area contributed by atoms with Gasteiger partial charge in [0.05, 0.1) is 18.3 Å². The zero-order chi connectivity index (χ0) is 19.1. The average molecular weight is 522 g/mol. The number of nitrogens with one attached hydrogen (secondary N) is 2. The number of halogens is 1. The highest BCUT2D eigenvalue weighted by atomic mass is 127. The first-order valence-electron chi connectivity index (χ1n) is 8.61. The molecule has 2 atom stereocenters. The van der Waals surface area contributed by atoms with E-state index in [2.05, 4.69) is 45.0 Å². The van der Waals surface area contributed by atoms with Gasteiger partial charge in [-0.15, -0.1) is 46.7 Å². The van der Waals surface area contributed by atoms with E-state index < -0.39 is 0 Å². The van der Waals surface area contributed by atoms with Gasteiger partial charge >= 0.3 is 5.97 Å². The lowest BCUT2D eigenvalue weighted by molar-refractivity contribution is 0.0531. The number of rotatable bonds is 7. The second-order valence-corrected chi connectivity index (χ2v) is 7.93. The van der Waals surface area contributed by atoms with Crippen molar-refractivity contribution in [3.8, 4) is 0 Å². The van der Waals surface area contributed by atoms with Crippen LogP contribution in [0, 0.1) is 6.92 Å². The normalized spacial score (nSPS) is 13.4. The van der Waals surface area contributed by atoms with E-state index in [9.17, 15) is 4.79 Å². The van der Waals surface area contributed by atoms with Gasteiger partial charge in [0, 0.05) is 24.4 Å². The van der Waals surface area contributed by atoms with E-state index in [-0.39, 0.29) is 36.0 Å². The molecule has 0 aromatic carbocycles. The first kappa shape index (κ1) is 23.8. The van der Waals surface area contributed by atoms with Gasteiger partial charge in [0.1, 0.15) is 9.88 Å². The molecule has 2 rings (SSSR count). The fourth-order valence-electron chi connectivity index (χ4n) is 2.37. The summed E-state index contributed by atoms with van der Waals surface area (Å²) in [5.74, 6) is 0.807. The molecule has 2 unspecified atom stereocenters. The summed E-state index contributed by atoms with van der Waals surface area (Å²) >= 11 is 3.12. The van der Waals surface area contributed by atoms with Crippen molar-refractivity contribution in [1.29, 1.82) is 0 Å². The predicted molar refractivity (Wildman–Crippen MR) is 124 cm³/mol. The zero-order valence-corrected chi connectivity index (χ0v) is 20.2.